The Morgan fingerprint density at radius 2 is 1.92 bits per heavy atom. The number of carboxylic acid groups (broad SMARTS) is 1. The molecule has 136 valence electrons. The summed E-state index contributed by atoms with van der Waals surface area (Å²) in [5.74, 6) is -0.0899. The van der Waals surface area contributed by atoms with Crippen molar-refractivity contribution in [3.05, 3.63) is 29.3 Å². The number of amides is 2. The van der Waals surface area contributed by atoms with Crippen LogP contribution in [0.3, 0.4) is 0 Å². The molecule has 1 aromatic rings. The summed E-state index contributed by atoms with van der Waals surface area (Å²) in [6.45, 7) is 2.69. The number of aliphatic carboxylic acids is 1. The molecule has 25 heavy (non-hydrogen) atoms. The summed E-state index contributed by atoms with van der Waals surface area (Å²) < 4.78 is 5.81. The third-order valence-electron chi connectivity index (χ3n) is 5.25. The molecule has 0 radical (unpaired) electrons. The molecular weight excluding hydrogens is 320 g/mol. The smallest absolute Gasteiger partial charge is 0.315 e. The number of carboxylic acids is 1. The quantitative estimate of drug-likeness (QED) is 0.782. The Labute approximate surface area is 147 Å². The summed E-state index contributed by atoms with van der Waals surface area (Å²) in [5, 5.41) is 15.1. The topological polar surface area (TPSA) is 87.7 Å². The van der Waals surface area contributed by atoms with Gasteiger partial charge in [0.25, 0.3) is 0 Å². The highest BCUT2D eigenvalue weighted by atomic mass is 16.5. The molecule has 1 fully saturated rings. The first-order valence-electron chi connectivity index (χ1n) is 9.13. The standard InChI is InChI=1S/C19H26N2O4/c1-2-12-4-3-5-15-16(10-11-25-17(12)15)21-19(24)20-14-8-6-13(7-9-14)18(22)23/h3-5,13-14,16H,2,6-11H2,1H3,(H,22,23)(H2,20,21,24). The van der Waals surface area contributed by atoms with Crippen molar-refractivity contribution in [2.24, 2.45) is 5.92 Å². The highest BCUT2D eigenvalue weighted by molar-refractivity contribution is 5.75. The fourth-order valence-corrected chi connectivity index (χ4v) is 3.79. The fourth-order valence-electron chi connectivity index (χ4n) is 3.79. The van der Waals surface area contributed by atoms with Gasteiger partial charge in [-0.15, -0.1) is 0 Å². The van der Waals surface area contributed by atoms with Crippen LogP contribution in [0, 0.1) is 5.92 Å². The van der Waals surface area contributed by atoms with Gasteiger partial charge in [0.1, 0.15) is 5.75 Å². The molecule has 2 amide bonds. The third-order valence-corrected chi connectivity index (χ3v) is 5.25. The predicted molar refractivity (Wildman–Crippen MR) is 93.7 cm³/mol. The molecule has 1 atom stereocenters. The number of hydrogen-bond acceptors (Lipinski definition) is 3. The number of nitrogens with one attached hydrogen (secondary N) is 2. The molecule has 6 nitrogen and oxygen atoms in total. The van der Waals surface area contributed by atoms with Crippen LogP contribution in [-0.4, -0.2) is 29.8 Å². The molecule has 1 aliphatic carbocycles. The molecule has 0 saturated heterocycles. The van der Waals surface area contributed by atoms with Gasteiger partial charge >= 0.3 is 12.0 Å². The maximum Gasteiger partial charge on any atom is 0.315 e. The van der Waals surface area contributed by atoms with Crippen molar-refractivity contribution in [2.75, 3.05) is 6.61 Å². The van der Waals surface area contributed by atoms with Gasteiger partial charge < -0.3 is 20.5 Å². The maximum atomic E-state index is 12.4. The summed E-state index contributed by atoms with van der Waals surface area (Å²) >= 11 is 0. The van der Waals surface area contributed by atoms with E-state index in [0.717, 1.165) is 29.7 Å². The Hall–Kier alpha value is -2.24. The lowest BCUT2D eigenvalue weighted by molar-refractivity contribution is -0.142. The third kappa shape index (κ3) is 4.06. The minimum Gasteiger partial charge on any atom is -0.493 e. The second kappa shape index (κ2) is 7.76. The van der Waals surface area contributed by atoms with Crippen LogP contribution in [0.1, 0.15) is 56.2 Å². The minimum absolute atomic E-state index is 0.0504. The number of urea groups is 1. The second-order valence-corrected chi connectivity index (χ2v) is 6.88. The number of fused-ring (bicyclic) bond motifs is 1. The van der Waals surface area contributed by atoms with E-state index in [0.29, 0.717) is 32.3 Å². The van der Waals surface area contributed by atoms with Crippen molar-refractivity contribution in [3.8, 4) is 5.75 Å². The number of carbonyl (C=O) groups excluding carboxylic acids is 1. The van der Waals surface area contributed by atoms with Gasteiger partial charge in [-0.25, -0.2) is 4.79 Å². The Kier molecular flexibility index (Phi) is 5.46. The SMILES string of the molecule is CCc1cccc2c1OCCC2NC(=O)NC1CCC(C(=O)O)CC1. The molecule has 1 aromatic carbocycles. The van der Waals surface area contributed by atoms with Crippen molar-refractivity contribution >= 4 is 12.0 Å². The lowest BCUT2D eigenvalue weighted by Gasteiger charge is -2.30. The number of aryl methyl sites for hydroxylation is 1. The van der Waals surface area contributed by atoms with Crippen molar-refractivity contribution in [2.45, 2.75) is 57.5 Å². The van der Waals surface area contributed by atoms with Crippen LogP contribution in [-0.2, 0) is 11.2 Å². The van der Waals surface area contributed by atoms with E-state index in [1.807, 2.05) is 12.1 Å². The summed E-state index contributed by atoms with van der Waals surface area (Å²) in [7, 11) is 0. The first kappa shape index (κ1) is 17.6. The van der Waals surface area contributed by atoms with E-state index < -0.39 is 5.97 Å². The lowest BCUT2D eigenvalue weighted by Crippen LogP contribution is -2.46. The zero-order chi connectivity index (χ0) is 17.8. The largest absolute Gasteiger partial charge is 0.493 e. The molecule has 0 aromatic heterocycles. The number of hydrogen-bond donors (Lipinski definition) is 3. The summed E-state index contributed by atoms with van der Waals surface area (Å²) in [4.78, 5) is 23.4. The van der Waals surface area contributed by atoms with Crippen LogP contribution in [0.15, 0.2) is 18.2 Å². The molecule has 0 spiro atoms. The fraction of sp³-hybridized carbons (Fsp3) is 0.579. The number of benzene rings is 1. The van der Waals surface area contributed by atoms with Crippen LogP contribution >= 0.6 is 0 Å². The van der Waals surface area contributed by atoms with Crippen molar-refractivity contribution in [1.29, 1.82) is 0 Å². The van der Waals surface area contributed by atoms with E-state index in [2.05, 4.69) is 23.6 Å². The molecule has 3 N–H and O–H groups in total. The number of para-hydroxylation sites is 1. The zero-order valence-electron chi connectivity index (χ0n) is 14.6. The Morgan fingerprint density at radius 1 is 1.16 bits per heavy atom. The van der Waals surface area contributed by atoms with Gasteiger partial charge in [0.05, 0.1) is 18.6 Å². The molecule has 1 heterocycles. The summed E-state index contributed by atoms with van der Waals surface area (Å²) in [5.41, 5.74) is 2.20. The molecule has 3 rings (SSSR count). The summed E-state index contributed by atoms with van der Waals surface area (Å²) in [6, 6.07) is 5.89. The number of carbonyl (C=O) groups is 2. The van der Waals surface area contributed by atoms with Crippen LogP contribution in [0.5, 0.6) is 5.75 Å². The average molecular weight is 346 g/mol. The van der Waals surface area contributed by atoms with Crippen molar-refractivity contribution in [1.82, 2.24) is 10.6 Å². The van der Waals surface area contributed by atoms with E-state index in [1.165, 1.54) is 0 Å². The van der Waals surface area contributed by atoms with Gasteiger partial charge in [0.2, 0.25) is 0 Å². The van der Waals surface area contributed by atoms with Crippen LogP contribution in [0.4, 0.5) is 4.79 Å². The number of ether oxygens (including phenoxy) is 1. The van der Waals surface area contributed by atoms with E-state index in [4.69, 9.17) is 9.84 Å². The summed E-state index contributed by atoms with van der Waals surface area (Å²) in [6.07, 6.45) is 4.33. The molecule has 1 aliphatic heterocycles. The lowest BCUT2D eigenvalue weighted by atomic mass is 9.86. The van der Waals surface area contributed by atoms with Crippen LogP contribution < -0.4 is 15.4 Å². The van der Waals surface area contributed by atoms with E-state index in [9.17, 15) is 9.59 Å². The van der Waals surface area contributed by atoms with Crippen LogP contribution in [0.2, 0.25) is 0 Å². The minimum atomic E-state index is -0.728. The zero-order valence-corrected chi connectivity index (χ0v) is 14.6. The van der Waals surface area contributed by atoms with E-state index >= 15 is 0 Å². The molecule has 0 bridgehead atoms. The van der Waals surface area contributed by atoms with Gasteiger partial charge in [-0.3, -0.25) is 4.79 Å². The predicted octanol–water partition coefficient (Wildman–Crippen LogP) is 3.02. The van der Waals surface area contributed by atoms with Crippen molar-refractivity contribution < 1.29 is 19.4 Å². The normalized spacial score (nSPS) is 25.4. The molecule has 2 aliphatic rings. The first-order valence-corrected chi connectivity index (χ1v) is 9.13. The van der Waals surface area contributed by atoms with Gasteiger partial charge in [0.15, 0.2) is 0 Å². The monoisotopic (exact) mass is 346 g/mol. The number of rotatable bonds is 4. The Morgan fingerprint density at radius 3 is 2.60 bits per heavy atom. The highest BCUT2D eigenvalue weighted by Crippen LogP contribution is 2.35. The average Bonchev–Trinajstić information content (AvgIpc) is 2.62. The van der Waals surface area contributed by atoms with Gasteiger partial charge in [0, 0.05) is 18.0 Å². The Balaban J connectivity index is 1.57. The molecule has 1 unspecified atom stereocenters. The molecule has 1 saturated carbocycles. The van der Waals surface area contributed by atoms with Crippen LogP contribution in [0.25, 0.3) is 0 Å². The van der Waals surface area contributed by atoms with Gasteiger partial charge in [-0.05, 0) is 37.7 Å². The van der Waals surface area contributed by atoms with Gasteiger partial charge in [-0.1, -0.05) is 25.1 Å². The Bertz CT molecular complexity index is 638. The van der Waals surface area contributed by atoms with E-state index in [1.54, 1.807) is 0 Å². The van der Waals surface area contributed by atoms with Gasteiger partial charge in [-0.2, -0.15) is 0 Å². The maximum absolute atomic E-state index is 12.4. The first-order chi connectivity index (χ1) is 12.1. The molecular formula is C19H26N2O4. The second-order valence-electron chi connectivity index (χ2n) is 6.88. The highest BCUT2D eigenvalue weighted by Gasteiger charge is 2.28. The van der Waals surface area contributed by atoms with Crippen molar-refractivity contribution in [3.63, 3.8) is 0 Å². The van der Waals surface area contributed by atoms with E-state index in [-0.39, 0.29) is 24.0 Å². The molecule has 6 heteroatoms.